The van der Waals surface area contributed by atoms with E-state index in [2.05, 4.69) is 41.4 Å². The van der Waals surface area contributed by atoms with Crippen LogP contribution in [0.15, 0.2) is 83.0 Å². The van der Waals surface area contributed by atoms with Gasteiger partial charge in [-0.1, -0.05) is 104 Å². The van der Waals surface area contributed by atoms with E-state index in [1.165, 1.54) is 22.5 Å². The first kappa shape index (κ1) is 20.4. The van der Waals surface area contributed by atoms with E-state index in [0.717, 1.165) is 30.4 Å². The Bertz CT molecular complexity index is 1070. The Morgan fingerprint density at radius 3 is 2.60 bits per heavy atom. The van der Waals surface area contributed by atoms with Gasteiger partial charge < -0.3 is 0 Å². The Labute approximate surface area is 181 Å². The van der Waals surface area contributed by atoms with Gasteiger partial charge in [0.1, 0.15) is 0 Å². The lowest BCUT2D eigenvalue weighted by Crippen LogP contribution is -2.31. The molecule has 0 unspecified atom stereocenters. The first-order chi connectivity index (χ1) is 14.8. The molecule has 1 atom stereocenters. The Morgan fingerprint density at radius 1 is 1.00 bits per heavy atom. The molecule has 1 fully saturated rings. The van der Waals surface area contributed by atoms with Crippen molar-refractivity contribution in [3.63, 3.8) is 0 Å². The zero-order valence-corrected chi connectivity index (χ0v) is 17.9. The smallest absolute Gasteiger partial charge is 0.242 e. The lowest BCUT2D eigenvalue weighted by molar-refractivity contribution is -0.126. The molecule has 0 bridgehead atoms. The fourth-order valence-corrected chi connectivity index (χ4v) is 4.73. The maximum Gasteiger partial charge on any atom is 0.242 e. The summed E-state index contributed by atoms with van der Waals surface area (Å²) in [7, 11) is 0. The fraction of sp³-hybridized carbons (Fsp3) is 0.240. The molecular formula is C25H25N3OS. The first-order valence-corrected chi connectivity index (χ1v) is 11.2. The molecule has 1 heterocycles. The molecule has 4 rings (SSSR count). The van der Waals surface area contributed by atoms with Gasteiger partial charge in [-0.3, -0.25) is 9.69 Å². The first-order valence-electron chi connectivity index (χ1n) is 10.4. The van der Waals surface area contributed by atoms with Gasteiger partial charge in [-0.15, -0.1) is 5.10 Å². The molecule has 1 saturated heterocycles. The van der Waals surface area contributed by atoms with Crippen LogP contribution in [0.25, 0.3) is 10.8 Å². The zero-order valence-electron chi connectivity index (χ0n) is 17.1. The number of rotatable bonds is 7. The molecule has 3 aromatic carbocycles. The van der Waals surface area contributed by atoms with Crippen molar-refractivity contribution in [1.82, 2.24) is 4.90 Å². The standard InChI is InChI=1S/C25H25N3OS/c1-2-3-16-23-24(29)28(18-21-14-9-13-20-12-7-8-15-22(20)21)25(30-23)27-26-17-19-10-5-4-6-11-19/h4-15,17,23H,2-3,16,18H2,1H3/b26-17-,27-25+/t23-/m1/s1. The van der Waals surface area contributed by atoms with Crippen LogP contribution >= 0.6 is 11.8 Å². The lowest BCUT2D eigenvalue weighted by Gasteiger charge is -2.17. The summed E-state index contributed by atoms with van der Waals surface area (Å²) in [5.41, 5.74) is 2.11. The summed E-state index contributed by atoms with van der Waals surface area (Å²) in [5, 5.41) is 11.7. The fourth-order valence-electron chi connectivity index (χ4n) is 3.59. The number of hydrogen-bond donors (Lipinski definition) is 0. The van der Waals surface area contributed by atoms with Gasteiger partial charge in [0.15, 0.2) is 5.17 Å². The molecule has 3 aromatic rings. The van der Waals surface area contributed by atoms with Crippen LogP contribution < -0.4 is 0 Å². The number of amidine groups is 1. The van der Waals surface area contributed by atoms with E-state index in [4.69, 9.17) is 0 Å². The Hall–Kier alpha value is -2.92. The van der Waals surface area contributed by atoms with Crippen LogP contribution in [0.4, 0.5) is 0 Å². The highest BCUT2D eigenvalue weighted by Gasteiger charge is 2.37. The number of fused-ring (bicyclic) bond motifs is 1. The van der Waals surface area contributed by atoms with Crippen LogP contribution in [-0.2, 0) is 11.3 Å². The van der Waals surface area contributed by atoms with Crippen LogP contribution in [0.5, 0.6) is 0 Å². The van der Waals surface area contributed by atoms with Crippen molar-refractivity contribution in [2.24, 2.45) is 10.2 Å². The number of benzene rings is 3. The van der Waals surface area contributed by atoms with Crippen LogP contribution in [0.1, 0.15) is 37.3 Å². The van der Waals surface area contributed by atoms with Gasteiger partial charge in [0.2, 0.25) is 5.91 Å². The lowest BCUT2D eigenvalue weighted by atomic mass is 10.0. The summed E-state index contributed by atoms with van der Waals surface area (Å²) in [6, 6.07) is 24.4. The molecule has 0 radical (unpaired) electrons. The Morgan fingerprint density at radius 2 is 1.77 bits per heavy atom. The second-order valence-corrected chi connectivity index (χ2v) is 8.52. The average molecular weight is 416 g/mol. The maximum atomic E-state index is 13.2. The molecule has 0 aliphatic carbocycles. The van der Waals surface area contributed by atoms with Gasteiger partial charge in [0.05, 0.1) is 18.0 Å². The van der Waals surface area contributed by atoms with Crippen LogP contribution in [-0.4, -0.2) is 27.4 Å². The van der Waals surface area contributed by atoms with Gasteiger partial charge in [-0.05, 0) is 28.3 Å². The number of nitrogens with zero attached hydrogens (tertiary/aromatic N) is 3. The van der Waals surface area contributed by atoms with Gasteiger partial charge in [-0.2, -0.15) is 5.10 Å². The van der Waals surface area contributed by atoms with Gasteiger partial charge >= 0.3 is 0 Å². The average Bonchev–Trinajstić information content (AvgIpc) is 3.08. The van der Waals surface area contributed by atoms with E-state index < -0.39 is 0 Å². The van der Waals surface area contributed by atoms with E-state index in [1.54, 1.807) is 11.1 Å². The second kappa shape index (κ2) is 9.72. The largest absolute Gasteiger partial charge is 0.284 e. The van der Waals surface area contributed by atoms with E-state index in [-0.39, 0.29) is 11.2 Å². The number of hydrogen-bond acceptors (Lipinski definition) is 4. The molecule has 0 spiro atoms. The highest BCUT2D eigenvalue weighted by Crippen LogP contribution is 2.33. The number of carbonyl (C=O) groups is 1. The van der Waals surface area contributed by atoms with Crippen molar-refractivity contribution < 1.29 is 4.79 Å². The molecule has 152 valence electrons. The molecule has 30 heavy (non-hydrogen) atoms. The van der Waals surface area contributed by atoms with Crippen molar-refractivity contribution in [3.05, 3.63) is 83.9 Å². The van der Waals surface area contributed by atoms with Crippen molar-refractivity contribution in [3.8, 4) is 0 Å². The Kier molecular flexibility index (Phi) is 6.60. The minimum atomic E-state index is -0.0781. The third kappa shape index (κ3) is 4.62. The monoisotopic (exact) mass is 415 g/mol. The van der Waals surface area contributed by atoms with E-state index in [9.17, 15) is 4.79 Å². The van der Waals surface area contributed by atoms with Gasteiger partial charge in [-0.25, -0.2) is 0 Å². The second-order valence-electron chi connectivity index (χ2n) is 7.35. The molecule has 0 saturated carbocycles. The highest BCUT2D eigenvalue weighted by atomic mass is 32.2. The summed E-state index contributed by atoms with van der Waals surface area (Å²) in [6.45, 7) is 2.66. The molecule has 0 aromatic heterocycles. The van der Waals surface area contributed by atoms with Crippen LogP contribution in [0.3, 0.4) is 0 Å². The SMILES string of the molecule is CCCC[C@H]1S/C(=N/N=C\c2ccccc2)N(Cc2cccc3ccccc23)C1=O. The van der Waals surface area contributed by atoms with Gasteiger partial charge in [0, 0.05) is 0 Å². The molecule has 4 nitrogen and oxygen atoms in total. The highest BCUT2D eigenvalue weighted by molar-refractivity contribution is 8.15. The predicted octanol–water partition coefficient (Wildman–Crippen LogP) is 5.86. The summed E-state index contributed by atoms with van der Waals surface area (Å²) in [4.78, 5) is 15.0. The number of unbranched alkanes of at least 4 members (excludes halogenated alkanes) is 1. The van der Waals surface area contributed by atoms with Crippen molar-refractivity contribution in [2.45, 2.75) is 38.0 Å². The molecule has 1 aliphatic rings. The normalized spacial score (nSPS) is 18.2. The van der Waals surface area contributed by atoms with Crippen LogP contribution in [0, 0.1) is 0 Å². The third-order valence-corrected chi connectivity index (χ3v) is 6.43. The molecule has 0 N–H and O–H groups in total. The maximum absolute atomic E-state index is 13.2. The number of thioether (sulfide) groups is 1. The molecular weight excluding hydrogens is 390 g/mol. The van der Waals surface area contributed by atoms with Crippen molar-refractivity contribution in [2.75, 3.05) is 0 Å². The quantitative estimate of drug-likeness (QED) is 0.358. The molecule has 1 aliphatic heterocycles. The summed E-state index contributed by atoms with van der Waals surface area (Å²) in [6.07, 6.45) is 4.71. The predicted molar refractivity (Wildman–Crippen MR) is 127 cm³/mol. The van der Waals surface area contributed by atoms with E-state index >= 15 is 0 Å². The third-order valence-electron chi connectivity index (χ3n) is 5.20. The van der Waals surface area contributed by atoms with E-state index in [1.807, 2.05) is 48.5 Å². The zero-order chi connectivity index (χ0) is 20.8. The number of amides is 1. The molecule has 5 heteroatoms. The summed E-state index contributed by atoms with van der Waals surface area (Å²) < 4.78 is 0. The minimum Gasteiger partial charge on any atom is -0.284 e. The van der Waals surface area contributed by atoms with E-state index in [0.29, 0.717) is 11.7 Å². The van der Waals surface area contributed by atoms with Gasteiger partial charge in [0.25, 0.3) is 0 Å². The summed E-state index contributed by atoms with van der Waals surface area (Å²) >= 11 is 1.54. The number of carbonyl (C=O) groups excluding carboxylic acids is 1. The van der Waals surface area contributed by atoms with Crippen molar-refractivity contribution >= 4 is 39.8 Å². The van der Waals surface area contributed by atoms with Crippen LogP contribution in [0.2, 0.25) is 0 Å². The molecule has 1 amide bonds. The summed E-state index contributed by atoms with van der Waals surface area (Å²) in [5.74, 6) is 0.134. The minimum absolute atomic E-state index is 0.0781. The Balaban J connectivity index is 1.62. The topological polar surface area (TPSA) is 45.0 Å². The van der Waals surface area contributed by atoms with Crippen molar-refractivity contribution in [1.29, 1.82) is 0 Å².